The highest BCUT2D eigenvalue weighted by Gasteiger charge is 2.11. The molecule has 0 aliphatic rings. The molecule has 108 valence electrons. The predicted molar refractivity (Wildman–Crippen MR) is 90.3 cm³/mol. The largest absolute Gasteiger partial charge is 0.298 e. The summed E-state index contributed by atoms with van der Waals surface area (Å²) >= 11 is 13.5. The third-order valence-corrected chi connectivity index (χ3v) is 4.70. The lowest BCUT2D eigenvalue weighted by Crippen LogP contribution is -2.13. The molecular formula is C15H12Cl2N2OS. The average Bonchev–Trinajstić information content (AvgIpc) is 2.61. The Balaban J connectivity index is 2.64. The Morgan fingerprint density at radius 3 is 2.67 bits per heavy atom. The summed E-state index contributed by atoms with van der Waals surface area (Å²) in [5.41, 5.74) is 2.49. The van der Waals surface area contributed by atoms with Gasteiger partial charge >= 0.3 is 0 Å². The summed E-state index contributed by atoms with van der Waals surface area (Å²) in [7, 11) is 1.95. The zero-order valence-electron chi connectivity index (χ0n) is 11.2. The predicted octanol–water partition coefficient (Wildman–Crippen LogP) is 4.85. The van der Waals surface area contributed by atoms with Gasteiger partial charge in [0.15, 0.2) is 0 Å². The van der Waals surface area contributed by atoms with Gasteiger partial charge in [-0.2, -0.15) is 0 Å². The summed E-state index contributed by atoms with van der Waals surface area (Å²) in [6.45, 7) is 0. The van der Waals surface area contributed by atoms with E-state index in [4.69, 9.17) is 23.2 Å². The lowest BCUT2D eigenvalue weighted by molar-refractivity contribution is 0.0949. The van der Waals surface area contributed by atoms with Crippen LogP contribution in [0.1, 0.15) is 4.79 Å². The Morgan fingerprint density at radius 1 is 1.14 bits per heavy atom. The van der Waals surface area contributed by atoms with Gasteiger partial charge in [0.1, 0.15) is 5.88 Å². The van der Waals surface area contributed by atoms with E-state index in [0.29, 0.717) is 5.02 Å². The van der Waals surface area contributed by atoms with E-state index in [1.54, 1.807) is 22.2 Å². The zero-order chi connectivity index (χ0) is 15.0. The quantitative estimate of drug-likeness (QED) is 0.582. The number of rotatable bonds is 1. The molecule has 0 saturated heterocycles. The highest BCUT2D eigenvalue weighted by Crippen LogP contribution is 2.26. The minimum Gasteiger partial charge on any atom is -0.298 e. The van der Waals surface area contributed by atoms with Crippen LogP contribution in [0.5, 0.6) is 0 Å². The molecule has 3 nitrogen and oxygen atoms in total. The first-order valence-electron chi connectivity index (χ1n) is 6.31. The lowest BCUT2D eigenvalue weighted by Gasteiger charge is -2.08. The molecule has 0 N–H and O–H groups in total. The minimum atomic E-state index is -0.163. The maximum absolute atomic E-state index is 12.4. The molecule has 3 rings (SSSR count). The summed E-state index contributed by atoms with van der Waals surface area (Å²) in [6.07, 6.45) is 0. The highest BCUT2D eigenvalue weighted by atomic mass is 35.5. The van der Waals surface area contributed by atoms with E-state index in [1.165, 1.54) is 0 Å². The van der Waals surface area contributed by atoms with E-state index in [0.717, 1.165) is 21.3 Å². The second kappa shape index (κ2) is 5.72. The number of para-hydroxylation sites is 1. The Labute approximate surface area is 135 Å². The number of alkyl halides is 1. The van der Waals surface area contributed by atoms with Crippen LogP contribution >= 0.6 is 34.7 Å². The van der Waals surface area contributed by atoms with Crippen molar-refractivity contribution in [2.45, 2.75) is 0 Å². The summed E-state index contributed by atoms with van der Waals surface area (Å²) in [5, 5.41) is 0.630. The fourth-order valence-corrected chi connectivity index (χ4v) is 3.53. The third-order valence-electron chi connectivity index (χ3n) is 3.22. The first-order valence-corrected chi connectivity index (χ1v) is 7.99. The molecule has 0 amide bonds. The summed E-state index contributed by atoms with van der Waals surface area (Å²) in [4.78, 5) is 12.4. The SMILES string of the molecule is Cn1sc2ccccc2n(C(=O)CCl)c2ccc(Cl)cc21. The fourth-order valence-electron chi connectivity index (χ4n) is 2.31. The smallest absolute Gasteiger partial charge is 0.246 e. The molecule has 0 saturated carbocycles. The summed E-state index contributed by atoms with van der Waals surface area (Å²) in [6, 6.07) is 13.2. The summed E-state index contributed by atoms with van der Waals surface area (Å²) in [5.74, 6) is -0.242. The van der Waals surface area contributed by atoms with Crippen molar-refractivity contribution in [3.05, 3.63) is 47.5 Å². The van der Waals surface area contributed by atoms with Crippen LogP contribution in [0.4, 0.5) is 0 Å². The van der Waals surface area contributed by atoms with Gasteiger partial charge in [-0.25, -0.2) is 0 Å². The van der Waals surface area contributed by atoms with Gasteiger partial charge in [0, 0.05) is 12.1 Å². The third kappa shape index (κ3) is 2.55. The van der Waals surface area contributed by atoms with Gasteiger partial charge in [0.25, 0.3) is 0 Å². The van der Waals surface area contributed by atoms with E-state index in [9.17, 15) is 4.79 Å². The van der Waals surface area contributed by atoms with Crippen molar-refractivity contribution in [3.63, 3.8) is 0 Å². The number of aromatic nitrogens is 2. The highest BCUT2D eigenvalue weighted by molar-refractivity contribution is 7.13. The van der Waals surface area contributed by atoms with E-state index in [1.807, 2.05) is 47.4 Å². The van der Waals surface area contributed by atoms with Crippen LogP contribution in [0.25, 0.3) is 21.3 Å². The molecule has 0 aliphatic heterocycles. The van der Waals surface area contributed by atoms with Crippen LogP contribution < -0.4 is 0 Å². The molecule has 0 radical (unpaired) electrons. The Bertz CT molecular complexity index is 890. The monoisotopic (exact) mass is 338 g/mol. The van der Waals surface area contributed by atoms with E-state index in [-0.39, 0.29) is 11.8 Å². The van der Waals surface area contributed by atoms with Crippen LogP contribution in [0.3, 0.4) is 0 Å². The Hall–Kier alpha value is -1.49. The number of aryl methyl sites for hydroxylation is 1. The van der Waals surface area contributed by atoms with Crippen molar-refractivity contribution in [2.24, 2.45) is 7.05 Å². The van der Waals surface area contributed by atoms with Gasteiger partial charge in [-0.05, 0) is 30.3 Å². The summed E-state index contributed by atoms with van der Waals surface area (Å²) < 4.78 is 4.65. The molecule has 0 spiro atoms. The maximum atomic E-state index is 12.4. The fraction of sp³-hybridized carbons (Fsp3) is 0.133. The van der Waals surface area contributed by atoms with Crippen molar-refractivity contribution in [3.8, 4) is 0 Å². The first-order chi connectivity index (χ1) is 10.1. The average molecular weight is 339 g/mol. The number of fused-ring (bicyclic) bond motifs is 2. The standard InChI is InChI=1S/C15H12Cl2N2OS/c1-18-13-8-10(17)6-7-11(13)19(15(20)9-16)12-4-2-3-5-14(12)21-18/h2-8H,9H2,1H3. The number of hydrogen-bond donors (Lipinski definition) is 0. The van der Waals surface area contributed by atoms with Gasteiger partial charge in [-0.3, -0.25) is 13.3 Å². The number of nitrogens with zero attached hydrogens (tertiary/aromatic N) is 2. The molecule has 6 heteroatoms. The molecule has 1 aromatic heterocycles. The normalized spacial score (nSPS) is 11.0. The van der Waals surface area contributed by atoms with Crippen molar-refractivity contribution >= 4 is 61.9 Å². The van der Waals surface area contributed by atoms with E-state index < -0.39 is 0 Å². The topological polar surface area (TPSA) is 26.9 Å². The molecule has 21 heavy (non-hydrogen) atoms. The lowest BCUT2D eigenvalue weighted by atomic mass is 10.2. The van der Waals surface area contributed by atoms with Crippen LogP contribution in [0.15, 0.2) is 42.5 Å². The molecule has 0 aliphatic carbocycles. The Kier molecular flexibility index (Phi) is 3.93. The maximum Gasteiger partial charge on any atom is 0.246 e. The van der Waals surface area contributed by atoms with Crippen molar-refractivity contribution in [2.75, 3.05) is 5.88 Å². The number of halogens is 2. The number of benzene rings is 2. The van der Waals surface area contributed by atoms with Crippen molar-refractivity contribution in [1.29, 1.82) is 0 Å². The molecule has 0 fully saturated rings. The van der Waals surface area contributed by atoms with Crippen LogP contribution in [0, 0.1) is 0 Å². The molecule has 3 aromatic rings. The molecule has 0 bridgehead atoms. The van der Waals surface area contributed by atoms with E-state index in [2.05, 4.69) is 0 Å². The second-order valence-corrected chi connectivity index (χ2v) is 6.43. The molecule has 2 aromatic carbocycles. The second-order valence-electron chi connectivity index (χ2n) is 4.55. The molecule has 1 heterocycles. The zero-order valence-corrected chi connectivity index (χ0v) is 13.5. The number of carbonyl (C=O) groups is 1. The first kappa shape index (κ1) is 14.4. The van der Waals surface area contributed by atoms with Crippen LogP contribution in [-0.4, -0.2) is 20.3 Å². The Morgan fingerprint density at radius 2 is 1.90 bits per heavy atom. The van der Waals surface area contributed by atoms with Crippen LogP contribution in [-0.2, 0) is 7.05 Å². The molecule has 0 atom stereocenters. The van der Waals surface area contributed by atoms with Crippen molar-refractivity contribution in [1.82, 2.24) is 8.52 Å². The molecular weight excluding hydrogens is 327 g/mol. The minimum absolute atomic E-state index is 0.0786. The van der Waals surface area contributed by atoms with Crippen molar-refractivity contribution < 1.29 is 4.79 Å². The van der Waals surface area contributed by atoms with Gasteiger partial charge < -0.3 is 0 Å². The molecule has 0 unspecified atom stereocenters. The van der Waals surface area contributed by atoms with Gasteiger partial charge in [-0.1, -0.05) is 35.3 Å². The number of hydrogen-bond acceptors (Lipinski definition) is 2. The number of carbonyl (C=O) groups excluding carboxylic acids is 1. The van der Waals surface area contributed by atoms with E-state index >= 15 is 0 Å². The van der Waals surface area contributed by atoms with Gasteiger partial charge in [-0.15, -0.1) is 11.6 Å². The van der Waals surface area contributed by atoms with Gasteiger partial charge in [0.05, 0.1) is 21.3 Å². The van der Waals surface area contributed by atoms with Crippen LogP contribution in [0.2, 0.25) is 5.02 Å². The van der Waals surface area contributed by atoms with Gasteiger partial charge in [0.2, 0.25) is 5.91 Å².